The van der Waals surface area contributed by atoms with Crippen LogP contribution in [0.5, 0.6) is 5.75 Å². The second-order valence-corrected chi connectivity index (χ2v) is 5.13. The standard InChI is InChI=1S/C15H18O5/c1-15(2,3)20-13(16)8-6-10-5-7-11(14(17)18)12(9-10)19-4/h5-9H,1-4H3,(H,17,18). The number of carbonyl (C=O) groups is 2. The molecule has 0 aliphatic heterocycles. The van der Waals surface area contributed by atoms with Crippen molar-refractivity contribution < 1.29 is 24.2 Å². The number of benzene rings is 1. The molecule has 1 rings (SSSR count). The number of esters is 1. The highest BCUT2D eigenvalue weighted by Gasteiger charge is 2.14. The Morgan fingerprint density at radius 1 is 1.25 bits per heavy atom. The molecular formula is C15H18O5. The number of methoxy groups -OCH3 is 1. The van der Waals surface area contributed by atoms with Crippen molar-refractivity contribution in [3.63, 3.8) is 0 Å². The zero-order chi connectivity index (χ0) is 15.3. The molecule has 0 saturated carbocycles. The van der Waals surface area contributed by atoms with Gasteiger partial charge in [0, 0.05) is 6.08 Å². The van der Waals surface area contributed by atoms with Gasteiger partial charge in [-0.15, -0.1) is 0 Å². The van der Waals surface area contributed by atoms with Gasteiger partial charge in [-0.1, -0.05) is 6.07 Å². The number of ether oxygens (including phenoxy) is 2. The van der Waals surface area contributed by atoms with Gasteiger partial charge in [-0.2, -0.15) is 0 Å². The van der Waals surface area contributed by atoms with Crippen molar-refractivity contribution in [3.05, 3.63) is 35.4 Å². The minimum absolute atomic E-state index is 0.0712. The summed E-state index contributed by atoms with van der Waals surface area (Å²) in [4.78, 5) is 22.5. The van der Waals surface area contributed by atoms with Gasteiger partial charge in [0.2, 0.25) is 0 Å². The third kappa shape index (κ3) is 4.76. The Labute approximate surface area is 117 Å². The Kier molecular flexibility index (Phi) is 4.91. The Morgan fingerprint density at radius 3 is 2.40 bits per heavy atom. The molecule has 0 aliphatic rings. The van der Waals surface area contributed by atoms with Crippen molar-refractivity contribution in [2.75, 3.05) is 7.11 Å². The van der Waals surface area contributed by atoms with Gasteiger partial charge in [0.1, 0.15) is 16.9 Å². The summed E-state index contributed by atoms with van der Waals surface area (Å²) >= 11 is 0. The van der Waals surface area contributed by atoms with Crippen LogP contribution in [0.15, 0.2) is 24.3 Å². The summed E-state index contributed by atoms with van der Waals surface area (Å²) in [6.45, 7) is 5.34. The van der Waals surface area contributed by atoms with Crippen LogP contribution >= 0.6 is 0 Å². The molecule has 0 saturated heterocycles. The highest BCUT2D eigenvalue weighted by molar-refractivity contribution is 5.92. The first kappa shape index (κ1) is 15.8. The molecule has 0 heterocycles. The first-order chi connectivity index (χ1) is 9.23. The van der Waals surface area contributed by atoms with Crippen molar-refractivity contribution in [1.29, 1.82) is 0 Å². The lowest BCUT2D eigenvalue weighted by Crippen LogP contribution is -2.22. The molecule has 0 aliphatic carbocycles. The molecule has 1 N–H and O–H groups in total. The summed E-state index contributed by atoms with van der Waals surface area (Å²) in [5, 5.41) is 8.96. The topological polar surface area (TPSA) is 72.8 Å². The van der Waals surface area contributed by atoms with E-state index in [9.17, 15) is 9.59 Å². The highest BCUT2D eigenvalue weighted by atomic mass is 16.6. The molecule has 0 fully saturated rings. The van der Waals surface area contributed by atoms with Crippen LogP contribution in [0.1, 0.15) is 36.7 Å². The fraction of sp³-hybridized carbons (Fsp3) is 0.333. The lowest BCUT2D eigenvalue weighted by Gasteiger charge is -2.17. The van der Waals surface area contributed by atoms with Crippen LogP contribution in [0, 0.1) is 0 Å². The molecule has 0 spiro atoms. The smallest absolute Gasteiger partial charge is 0.339 e. The number of aromatic carboxylic acids is 1. The predicted molar refractivity (Wildman–Crippen MR) is 74.8 cm³/mol. The van der Waals surface area contributed by atoms with Gasteiger partial charge in [0.15, 0.2) is 0 Å². The molecule has 0 bridgehead atoms. The van der Waals surface area contributed by atoms with Crippen molar-refractivity contribution in [1.82, 2.24) is 0 Å². The van der Waals surface area contributed by atoms with Crippen LogP contribution in [0.2, 0.25) is 0 Å². The lowest BCUT2D eigenvalue weighted by molar-refractivity contribution is -0.148. The Bertz CT molecular complexity index is 538. The summed E-state index contributed by atoms with van der Waals surface area (Å²) in [6, 6.07) is 4.56. The van der Waals surface area contributed by atoms with E-state index in [0.717, 1.165) is 0 Å². The molecule has 0 aromatic heterocycles. The van der Waals surface area contributed by atoms with E-state index >= 15 is 0 Å². The summed E-state index contributed by atoms with van der Waals surface area (Å²) in [6.07, 6.45) is 2.84. The van der Waals surface area contributed by atoms with Gasteiger partial charge in [0.25, 0.3) is 0 Å². The van der Waals surface area contributed by atoms with Crippen molar-refractivity contribution in [3.8, 4) is 5.75 Å². The van der Waals surface area contributed by atoms with E-state index in [1.807, 2.05) is 0 Å². The monoisotopic (exact) mass is 278 g/mol. The molecule has 0 atom stereocenters. The second-order valence-electron chi connectivity index (χ2n) is 5.13. The Balaban J connectivity index is 2.88. The van der Waals surface area contributed by atoms with Crippen LogP contribution < -0.4 is 4.74 Å². The number of hydrogen-bond donors (Lipinski definition) is 1. The van der Waals surface area contributed by atoms with Crippen LogP contribution in [0.3, 0.4) is 0 Å². The van der Waals surface area contributed by atoms with Gasteiger partial charge < -0.3 is 14.6 Å². The maximum atomic E-state index is 11.5. The third-order valence-corrected chi connectivity index (χ3v) is 2.27. The van der Waals surface area contributed by atoms with Crippen LogP contribution in [0.25, 0.3) is 6.08 Å². The molecule has 5 heteroatoms. The zero-order valence-electron chi connectivity index (χ0n) is 12.0. The fourth-order valence-corrected chi connectivity index (χ4v) is 1.49. The maximum absolute atomic E-state index is 11.5. The van der Waals surface area contributed by atoms with E-state index in [1.165, 1.54) is 19.3 Å². The van der Waals surface area contributed by atoms with E-state index in [1.54, 1.807) is 39.0 Å². The number of carbonyl (C=O) groups excluding carboxylic acids is 1. The molecule has 0 radical (unpaired) electrons. The number of carboxylic acids is 1. The molecule has 0 amide bonds. The zero-order valence-corrected chi connectivity index (χ0v) is 12.0. The predicted octanol–water partition coefficient (Wildman–Crippen LogP) is 2.75. The summed E-state index contributed by atoms with van der Waals surface area (Å²) in [5.74, 6) is -1.29. The van der Waals surface area contributed by atoms with E-state index in [4.69, 9.17) is 14.6 Å². The minimum Gasteiger partial charge on any atom is -0.496 e. The van der Waals surface area contributed by atoms with Crippen molar-refractivity contribution in [2.24, 2.45) is 0 Å². The average molecular weight is 278 g/mol. The average Bonchev–Trinajstić information content (AvgIpc) is 2.33. The van der Waals surface area contributed by atoms with Crippen LogP contribution in [0.4, 0.5) is 0 Å². The van der Waals surface area contributed by atoms with Crippen molar-refractivity contribution in [2.45, 2.75) is 26.4 Å². The van der Waals surface area contributed by atoms with Gasteiger partial charge in [0.05, 0.1) is 7.11 Å². The van der Waals surface area contributed by atoms with Crippen LogP contribution in [-0.2, 0) is 9.53 Å². The Hall–Kier alpha value is -2.30. The largest absolute Gasteiger partial charge is 0.496 e. The normalized spacial score (nSPS) is 11.4. The highest BCUT2D eigenvalue weighted by Crippen LogP contribution is 2.21. The maximum Gasteiger partial charge on any atom is 0.339 e. The summed E-state index contributed by atoms with van der Waals surface area (Å²) in [7, 11) is 1.39. The van der Waals surface area contributed by atoms with Gasteiger partial charge in [-0.25, -0.2) is 9.59 Å². The molecule has 5 nitrogen and oxygen atoms in total. The number of rotatable bonds is 4. The molecule has 1 aromatic rings. The van der Waals surface area contributed by atoms with E-state index in [2.05, 4.69) is 0 Å². The van der Waals surface area contributed by atoms with E-state index in [0.29, 0.717) is 5.56 Å². The molecule has 0 unspecified atom stereocenters. The van der Waals surface area contributed by atoms with Crippen molar-refractivity contribution >= 4 is 18.0 Å². The molecule has 108 valence electrons. The quantitative estimate of drug-likeness (QED) is 0.677. The molecular weight excluding hydrogens is 260 g/mol. The Morgan fingerprint density at radius 2 is 1.90 bits per heavy atom. The van der Waals surface area contributed by atoms with E-state index < -0.39 is 17.5 Å². The number of hydrogen-bond acceptors (Lipinski definition) is 4. The van der Waals surface area contributed by atoms with E-state index in [-0.39, 0.29) is 11.3 Å². The summed E-state index contributed by atoms with van der Waals surface area (Å²) in [5.41, 5.74) is 0.173. The minimum atomic E-state index is -1.07. The van der Waals surface area contributed by atoms with Gasteiger partial charge >= 0.3 is 11.9 Å². The third-order valence-electron chi connectivity index (χ3n) is 2.27. The summed E-state index contributed by atoms with van der Waals surface area (Å²) < 4.78 is 10.1. The molecule has 1 aromatic carbocycles. The first-order valence-corrected chi connectivity index (χ1v) is 6.05. The fourth-order valence-electron chi connectivity index (χ4n) is 1.49. The SMILES string of the molecule is COc1cc(C=CC(=O)OC(C)(C)C)ccc1C(=O)O. The first-order valence-electron chi connectivity index (χ1n) is 6.05. The lowest BCUT2D eigenvalue weighted by atomic mass is 10.1. The molecule has 20 heavy (non-hydrogen) atoms. The number of carboxylic acid groups (broad SMARTS) is 1. The van der Waals surface area contributed by atoms with Gasteiger partial charge in [-0.3, -0.25) is 0 Å². The second kappa shape index (κ2) is 6.23. The van der Waals surface area contributed by atoms with Gasteiger partial charge in [-0.05, 0) is 44.5 Å². The van der Waals surface area contributed by atoms with Crippen LogP contribution in [-0.4, -0.2) is 29.8 Å².